The number of nitrogens with zero attached hydrogens (tertiary/aromatic N) is 4. The van der Waals surface area contributed by atoms with E-state index < -0.39 is 0 Å². The molecular formula is C17H29N5. The third kappa shape index (κ3) is 3.64. The fourth-order valence-corrected chi connectivity index (χ4v) is 3.40. The Hall–Kier alpha value is -1.49. The van der Waals surface area contributed by atoms with Crippen LogP contribution in [0, 0.1) is 5.92 Å². The van der Waals surface area contributed by atoms with Gasteiger partial charge in [-0.25, -0.2) is 0 Å². The van der Waals surface area contributed by atoms with E-state index in [0.29, 0.717) is 0 Å². The predicted octanol–water partition coefficient (Wildman–Crippen LogP) is 1.52. The lowest BCUT2D eigenvalue weighted by molar-refractivity contribution is 0.313. The molecule has 1 unspecified atom stereocenters. The smallest absolute Gasteiger partial charge is 0.193 e. The zero-order chi connectivity index (χ0) is 15.5. The highest BCUT2D eigenvalue weighted by atomic mass is 15.3. The minimum absolute atomic E-state index is 0.765. The summed E-state index contributed by atoms with van der Waals surface area (Å²) in [4.78, 5) is 9.30. The van der Waals surface area contributed by atoms with Gasteiger partial charge in [-0.05, 0) is 43.9 Å². The maximum Gasteiger partial charge on any atom is 0.193 e. The first-order chi connectivity index (χ1) is 10.7. The number of rotatable bonds is 5. The Morgan fingerprint density at radius 2 is 2.23 bits per heavy atom. The summed E-state index contributed by atoms with van der Waals surface area (Å²) in [6.45, 7) is 4.46. The third-order valence-electron chi connectivity index (χ3n) is 4.95. The van der Waals surface area contributed by atoms with Crippen LogP contribution in [-0.2, 0) is 13.6 Å². The lowest BCUT2D eigenvalue weighted by Gasteiger charge is -2.24. The monoisotopic (exact) mass is 303 g/mol. The number of hydrogen-bond acceptors (Lipinski definition) is 2. The largest absolute Gasteiger partial charge is 0.356 e. The SMILES string of the molecule is CN=C(NCC1CCN(C2CC2)C1)N(C)Cc1cccn1C. The lowest BCUT2D eigenvalue weighted by Crippen LogP contribution is -2.41. The zero-order valence-corrected chi connectivity index (χ0v) is 14.1. The van der Waals surface area contributed by atoms with Gasteiger partial charge >= 0.3 is 0 Å². The molecule has 1 N–H and O–H groups in total. The molecular weight excluding hydrogens is 274 g/mol. The Labute approximate surface area is 134 Å². The summed E-state index contributed by atoms with van der Waals surface area (Å²) in [6, 6.07) is 5.16. The molecule has 2 heterocycles. The summed E-state index contributed by atoms with van der Waals surface area (Å²) >= 11 is 0. The van der Waals surface area contributed by atoms with Gasteiger partial charge in [-0.2, -0.15) is 0 Å². The van der Waals surface area contributed by atoms with Crippen molar-refractivity contribution in [3.8, 4) is 0 Å². The number of aliphatic imine (C=N–C) groups is 1. The topological polar surface area (TPSA) is 35.8 Å². The van der Waals surface area contributed by atoms with Gasteiger partial charge in [-0.1, -0.05) is 0 Å². The molecule has 1 aliphatic carbocycles. The fourth-order valence-electron chi connectivity index (χ4n) is 3.40. The molecule has 1 aromatic rings. The number of guanidine groups is 1. The summed E-state index contributed by atoms with van der Waals surface area (Å²) in [5.74, 6) is 1.76. The second-order valence-electron chi connectivity index (χ2n) is 6.78. The van der Waals surface area contributed by atoms with Crippen molar-refractivity contribution in [1.82, 2.24) is 19.7 Å². The van der Waals surface area contributed by atoms with Crippen molar-refractivity contribution < 1.29 is 0 Å². The van der Waals surface area contributed by atoms with Gasteiger partial charge in [0.05, 0.1) is 6.54 Å². The van der Waals surface area contributed by atoms with E-state index in [4.69, 9.17) is 0 Å². The highest BCUT2D eigenvalue weighted by Gasteiger charge is 2.34. The van der Waals surface area contributed by atoms with Crippen molar-refractivity contribution in [2.75, 3.05) is 33.7 Å². The van der Waals surface area contributed by atoms with E-state index in [9.17, 15) is 0 Å². The molecule has 0 amide bonds. The van der Waals surface area contributed by atoms with Gasteiger partial charge in [-0.15, -0.1) is 0 Å². The quantitative estimate of drug-likeness (QED) is 0.662. The zero-order valence-electron chi connectivity index (χ0n) is 14.1. The van der Waals surface area contributed by atoms with Crippen LogP contribution >= 0.6 is 0 Å². The van der Waals surface area contributed by atoms with Crippen LogP contribution in [0.1, 0.15) is 25.0 Å². The summed E-state index contributed by atoms with van der Waals surface area (Å²) in [5, 5.41) is 3.56. The van der Waals surface area contributed by atoms with Crippen molar-refractivity contribution in [2.24, 2.45) is 18.0 Å². The first kappa shape index (κ1) is 15.4. The van der Waals surface area contributed by atoms with Crippen LogP contribution in [0.3, 0.4) is 0 Å². The van der Waals surface area contributed by atoms with Crippen molar-refractivity contribution >= 4 is 5.96 Å². The van der Waals surface area contributed by atoms with Crippen molar-refractivity contribution in [1.29, 1.82) is 0 Å². The van der Waals surface area contributed by atoms with Gasteiger partial charge in [0.25, 0.3) is 0 Å². The molecule has 5 heteroatoms. The average Bonchev–Trinajstić information content (AvgIpc) is 3.13. The van der Waals surface area contributed by atoms with Gasteiger partial charge in [0.1, 0.15) is 0 Å². The molecule has 3 rings (SSSR count). The van der Waals surface area contributed by atoms with Crippen LogP contribution in [0.5, 0.6) is 0 Å². The van der Waals surface area contributed by atoms with E-state index >= 15 is 0 Å². The molecule has 1 saturated carbocycles. The van der Waals surface area contributed by atoms with E-state index in [-0.39, 0.29) is 0 Å². The summed E-state index contributed by atoms with van der Waals surface area (Å²) in [5.41, 5.74) is 1.30. The molecule has 0 radical (unpaired) electrons. The number of hydrogen-bond donors (Lipinski definition) is 1. The van der Waals surface area contributed by atoms with E-state index in [2.05, 4.69) is 57.1 Å². The number of likely N-dealkylation sites (tertiary alicyclic amines) is 1. The fraction of sp³-hybridized carbons (Fsp3) is 0.706. The molecule has 1 aliphatic heterocycles. The van der Waals surface area contributed by atoms with Crippen LogP contribution in [0.2, 0.25) is 0 Å². The Bertz CT molecular complexity index is 517. The third-order valence-corrected chi connectivity index (χ3v) is 4.95. The van der Waals surface area contributed by atoms with Crippen molar-refractivity contribution in [3.05, 3.63) is 24.0 Å². The van der Waals surface area contributed by atoms with Gasteiger partial charge in [0, 0.05) is 52.2 Å². The van der Waals surface area contributed by atoms with Crippen LogP contribution in [-0.4, -0.2) is 60.1 Å². The highest BCUT2D eigenvalue weighted by molar-refractivity contribution is 5.79. The normalized spacial score (nSPS) is 23.0. The summed E-state index contributed by atoms with van der Waals surface area (Å²) < 4.78 is 2.16. The van der Waals surface area contributed by atoms with Gasteiger partial charge in [0.15, 0.2) is 5.96 Å². The molecule has 0 spiro atoms. The second kappa shape index (κ2) is 6.73. The number of aryl methyl sites for hydroxylation is 1. The standard InChI is InChI=1S/C17H29N5/c1-18-17(21(3)13-16-5-4-9-20(16)2)19-11-14-8-10-22(12-14)15-6-7-15/h4-5,9,14-15H,6-8,10-13H2,1-3H3,(H,18,19). The molecule has 1 atom stereocenters. The van der Waals surface area contributed by atoms with Gasteiger partial charge in [0.2, 0.25) is 0 Å². The lowest BCUT2D eigenvalue weighted by atomic mass is 10.1. The van der Waals surface area contributed by atoms with Gasteiger partial charge in [-0.3, -0.25) is 4.99 Å². The molecule has 22 heavy (non-hydrogen) atoms. The van der Waals surface area contributed by atoms with Gasteiger partial charge < -0.3 is 19.7 Å². The number of nitrogens with one attached hydrogen (secondary N) is 1. The molecule has 1 aromatic heterocycles. The Morgan fingerprint density at radius 3 is 2.86 bits per heavy atom. The first-order valence-electron chi connectivity index (χ1n) is 8.43. The second-order valence-corrected chi connectivity index (χ2v) is 6.78. The van der Waals surface area contributed by atoms with Crippen molar-refractivity contribution in [2.45, 2.75) is 31.8 Å². The maximum absolute atomic E-state index is 4.43. The Balaban J connectivity index is 1.46. The molecule has 0 aromatic carbocycles. The predicted molar refractivity (Wildman–Crippen MR) is 90.9 cm³/mol. The summed E-state index contributed by atoms with van der Waals surface area (Å²) in [6.07, 6.45) is 6.24. The minimum atomic E-state index is 0.765. The van der Waals surface area contributed by atoms with Crippen LogP contribution < -0.4 is 5.32 Å². The van der Waals surface area contributed by atoms with E-state index in [0.717, 1.165) is 31.0 Å². The molecule has 122 valence electrons. The average molecular weight is 303 g/mol. The number of aromatic nitrogens is 1. The minimum Gasteiger partial charge on any atom is -0.356 e. The maximum atomic E-state index is 4.43. The van der Waals surface area contributed by atoms with E-state index in [1.165, 1.54) is 38.0 Å². The summed E-state index contributed by atoms with van der Waals surface area (Å²) in [7, 11) is 6.06. The van der Waals surface area contributed by atoms with Crippen molar-refractivity contribution in [3.63, 3.8) is 0 Å². The Morgan fingerprint density at radius 1 is 1.41 bits per heavy atom. The Kier molecular flexibility index (Phi) is 4.71. The van der Waals surface area contributed by atoms with E-state index in [1.807, 2.05) is 7.05 Å². The molecule has 5 nitrogen and oxygen atoms in total. The molecule has 2 fully saturated rings. The highest BCUT2D eigenvalue weighted by Crippen LogP contribution is 2.31. The van der Waals surface area contributed by atoms with Crippen LogP contribution in [0.25, 0.3) is 0 Å². The molecule has 1 saturated heterocycles. The molecule has 2 aliphatic rings. The van der Waals surface area contributed by atoms with E-state index in [1.54, 1.807) is 0 Å². The van der Waals surface area contributed by atoms with Crippen LogP contribution in [0.15, 0.2) is 23.3 Å². The van der Waals surface area contributed by atoms with Crippen LogP contribution in [0.4, 0.5) is 0 Å². The first-order valence-corrected chi connectivity index (χ1v) is 8.43. The molecule has 0 bridgehead atoms.